The number of hydrogen-bond acceptors (Lipinski definition) is 5. The maximum atomic E-state index is 12.9. The minimum absolute atomic E-state index is 0.201. The lowest BCUT2D eigenvalue weighted by Gasteiger charge is -2.31. The van der Waals surface area contributed by atoms with Crippen molar-refractivity contribution >= 4 is 22.5 Å². The first-order valence-electron chi connectivity index (χ1n) is 10.6. The summed E-state index contributed by atoms with van der Waals surface area (Å²) in [5.41, 5.74) is 1.44. The van der Waals surface area contributed by atoms with E-state index in [1.54, 1.807) is 7.11 Å². The standard InChI is InChI=1S/C24H28N4O2/c1-17-12-15-28(16-13-17)23-20-9-5-4-8-19(20)22(26-27-23)24(29)25-14-11-18-7-3-6-10-21(18)30-2/h3-10,17H,11-16H2,1-2H3,(H,25,29). The van der Waals surface area contributed by atoms with Gasteiger partial charge in [0.2, 0.25) is 0 Å². The summed E-state index contributed by atoms with van der Waals surface area (Å²) in [6, 6.07) is 15.8. The van der Waals surface area contributed by atoms with Crippen molar-refractivity contribution in [1.29, 1.82) is 0 Å². The van der Waals surface area contributed by atoms with E-state index in [1.807, 2.05) is 48.5 Å². The number of ether oxygens (including phenoxy) is 1. The molecule has 6 nitrogen and oxygen atoms in total. The molecule has 1 aliphatic rings. The van der Waals surface area contributed by atoms with Crippen LogP contribution in [0.25, 0.3) is 10.8 Å². The molecule has 1 aliphatic heterocycles. The molecule has 0 atom stereocenters. The smallest absolute Gasteiger partial charge is 0.272 e. The molecule has 0 radical (unpaired) electrons. The van der Waals surface area contributed by atoms with Crippen molar-refractivity contribution in [2.24, 2.45) is 5.92 Å². The lowest BCUT2D eigenvalue weighted by Crippen LogP contribution is -2.34. The molecule has 0 aliphatic carbocycles. The number of para-hydroxylation sites is 1. The molecule has 3 aromatic rings. The lowest BCUT2D eigenvalue weighted by atomic mass is 9.99. The number of amides is 1. The number of aromatic nitrogens is 2. The number of carbonyl (C=O) groups is 1. The average molecular weight is 405 g/mol. The average Bonchev–Trinajstić information content (AvgIpc) is 2.79. The summed E-state index contributed by atoms with van der Waals surface area (Å²) in [5, 5.41) is 13.6. The highest BCUT2D eigenvalue weighted by atomic mass is 16.5. The highest BCUT2D eigenvalue weighted by molar-refractivity contribution is 6.07. The molecule has 1 fully saturated rings. The Bertz CT molecular complexity index is 1030. The van der Waals surface area contributed by atoms with Gasteiger partial charge in [0.25, 0.3) is 5.91 Å². The zero-order chi connectivity index (χ0) is 20.9. The van der Waals surface area contributed by atoms with Crippen molar-refractivity contribution in [3.63, 3.8) is 0 Å². The summed E-state index contributed by atoms with van der Waals surface area (Å²) in [4.78, 5) is 15.2. The van der Waals surface area contributed by atoms with Crippen LogP contribution in [0.3, 0.4) is 0 Å². The van der Waals surface area contributed by atoms with E-state index >= 15 is 0 Å². The molecule has 1 N–H and O–H groups in total. The van der Waals surface area contributed by atoms with Crippen molar-refractivity contribution in [2.45, 2.75) is 26.2 Å². The van der Waals surface area contributed by atoms with E-state index in [9.17, 15) is 4.79 Å². The molecule has 156 valence electrons. The van der Waals surface area contributed by atoms with E-state index in [2.05, 4.69) is 27.3 Å². The molecule has 1 saturated heterocycles. The molecule has 0 spiro atoms. The number of fused-ring (bicyclic) bond motifs is 1. The zero-order valence-electron chi connectivity index (χ0n) is 17.6. The van der Waals surface area contributed by atoms with Crippen LogP contribution in [0.4, 0.5) is 5.82 Å². The first kappa shape index (κ1) is 20.1. The monoisotopic (exact) mass is 404 g/mol. The van der Waals surface area contributed by atoms with Crippen LogP contribution in [0.1, 0.15) is 35.8 Å². The summed E-state index contributed by atoms with van der Waals surface area (Å²) in [7, 11) is 1.66. The Morgan fingerprint density at radius 1 is 1.07 bits per heavy atom. The zero-order valence-corrected chi connectivity index (χ0v) is 17.6. The molecule has 0 saturated carbocycles. The molecule has 0 bridgehead atoms. The van der Waals surface area contributed by atoms with Gasteiger partial charge in [0.05, 0.1) is 7.11 Å². The Morgan fingerprint density at radius 3 is 2.53 bits per heavy atom. The van der Waals surface area contributed by atoms with E-state index in [-0.39, 0.29) is 5.91 Å². The van der Waals surface area contributed by atoms with E-state index in [1.165, 1.54) is 0 Å². The fraction of sp³-hybridized carbons (Fsp3) is 0.375. The highest BCUT2D eigenvalue weighted by Gasteiger charge is 2.22. The van der Waals surface area contributed by atoms with Crippen LogP contribution in [0, 0.1) is 5.92 Å². The van der Waals surface area contributed by atoms with E-state index in [0.717, 1.165) is 59.8 Å². The Morgan fingerprint density at radius 2 is 1.77 bits per heavy atom. The first-order chi connectivity index (χ1) is 14.7. The Labute approximate surface area is 177 Å². The van der Waals surface area contributed by atoms with Crippen LogP contribution in [0.5, 0.6) is 5.75 Å². The second kappa shape index (κ2) is 9.11. The number of hydrogen-bond donors (Lipinski definition) is 1. The van der Waals surface area contributed by atoms with Gasteiger partial charge >= 0.3 is 0 Å². The number of piperidine rings is 1. The number of carbonyl (C=O) groups excluding carboxylic acids is 1. The molecule has 6 heteroatoms. The maximum Gasteiger partial charge on any atom is 0.272 e. The normalized spacial score (nSPS) is 14.7. The van der Waals surface area contributed by atoms with Crippen LogP contribution in [0.2, 0.25) is 0 Å². The van der Waals surface area contributed by atoms with Crippen molar-refractivity contribution in [1.82, 2.24) is 15.5 Å². The predicted molar refractivity (Wildman–Crippen MR) is 119 cm³/mol. The van der Waals surface area contributed by atoms with Crippen molar-refractivity contribution in [2.75, 3.05) is 31.6 Å². The number of methoxy groups -OCH3 is 1. The fourth-order valence-electron chi connectivity index (χ4n) is 4.02. The highest BCUT2D eigenvalue weighted by Crippen LogP contribution is 2.29. The fourth-order valence-corrected chi connectivity index (χ4v) is 4.02. The second-order valence-corrected chi connectivity index (χ2v) is 7.91. The van der Waals surface area contributed by atoms with Crippen LogP contribution >= 0.6 is 0 Å². The molecule has 1 amide bonds. The summed E-state index contributed by atoms with van der Waals surface area (Å²) in [6.45, 7) is 4.75. The maximum absolute atomic E-state index is 12.9. The molecular weight excluding hydrogens is 376 g/mol. The van der Waals surface area contributed by atoms with Gasteiger partial charge in [-0.25, -0.2) is 0 Å². The SMILES string of the molecule is COc1ccccc1CCNC(=O)c1nnc(N2CCC(C)CC2)c2ccccc12. The van der Waals surface area contributed by atoms with Gasteiger partial charge in [-0.3, -0.25) is 4.79 Å². The number of benzene rings is 2. The number of nitrogens with one attached hydrogen (secondary N) is 1. The van der Waals surface area contributed by atoms with Gasteiger partial charge in [0.1, 0.15) is 5.75 Å². The van der Waals surface area contributed by atoms with Gasteiger partial charge in [0, 0.05) is 30.4 Å². The van der Waals surface area contributed by atoms with Crippen molar-refractivity contribution in [3.8, 4) is 5.75 Å². The van der Waals surface area contributed by atoms with Gasteiger partial charge in [-0.05, 0) is 36.8 Å². The third kappa shape index (κ3) is 4.22. The van der Waals surface area contributed by atoms with Crippen LogP contribution in [0.15, 0.2) is 48.5 Å². The van der Waals surface area contributed by atoms with Gasteiger partial charge < -0.3 is 15.0 Å². The van der Waals surface area contributed by atoms with Crippen molar-refractivity contribution in [3.05, 3.63) is 59.8 Å². The summed E-state index contributed by atoms with van der Waals surface area (Å²) >= 11 is 0. The lowest BCUT2D eigenvalue weighted by molar-refractivity contribution is 0.0950. The summed E-state index contributed by atoms with van der Waals surface area (Å²) in [6.07, 6.45) is 2.99. The molecule has 4 rings (SSSR count). The Hall–Kier alpha value is -3.15. The third-order valence-corrected chi connectivity index (χ3v) is 5.84. The molecule has 1 aromatic heterocycles. The molecular formula is C24H28N4O2. The summed E-state index contributed by atoms with van der Waals surface area (Å²) in [5.74, 6) is 2.25. The molecule has 2 aromatic carbocycles. The van der Waals surface area contributed by atoms with E-state index < -0.39 is 0 Å². The largest absolute Gasteiger partial charge is 0.496 e. The minimum atomic E-state index is -0.201. The predicted octanol–water partition coefficient (Wildman–Crippen LogP) is 3.85. The van der Waals surface area contributed by atoms with E-state index in [4.69, 9.17) is 4.74 Å². The van der Waals surface area contributed by atoms with Gasteiger partial charge in [-0.1, -0.05) is 49.4 Å². The topological polar surface area (TPSA) is 67.3 Å². The van der Waals surface area contributed by atoms with Gasteiger partial charge in [-0.15, -0.1) is 10.2 Å². The van der Waals surface area contributed by atoms with Crippen LogP contribution in [-0.4, -0.2) is 42.8 Å². The molecule has 0 unspecified atom stereocenters. The first-order valence-corrected chi connectivity index (χ1v) is 10.6. The van der Waals surface area contributed by atoms with Crippen LogP contribution < -0.4 is 15.0 Å². The van der Waals surface area contributed by atoms with Gasteiger partial charge in [-0.2, -0.15) is 0 Å². The quantitative estimate of drug-likeness (QED) is 0.676. The molecule has 2 heterocycles. The third-order valence-electron chi connectivity index (χ3n) is 5.84. The molecule has 30 heavy (non-hydrogen) atoms. The number of anilines is 1. The van der Waals surface area contributed by atoms with Crippen molar-refractivity contribution < 1.29 is 9.53 Å². The minimum Gasteiger partial charge on any atom is -0.496 e. The number of rotatable bonds is 6. The Balaban J connectivity index is 1.51. The second-order valence-electron chi connectivity index (χ2n) is 7.91. The van der Waals surface area contributed by atoms with Gasteiger partial charge in [0.15, 0.2) is 11.5 Å². The Kier molecular flexibility index (Phi) is 6.12. The summed E-state index contributed by atoms with van der Waals surface area (Å²) < 4.78 is 5.38. The van der Waals surface area contributed by atoms with Crippen LogP contribution in [-0.2, 0) is 6.42 Å². The van der Waals surface area contributed by atoms with E-state index in [0.29, 0.717) is 18.7 Å². The number of nitrogens with zero attached hydrogens (tertiary/aromatic N) is 3.